The van der Waals surface area contributed by atoms with Gasteiger partial charge in [0.15, 0.2) is 0 Å². The molecule has 1 aromatic carbocycles. The van der Waals surface area contributed by atoms with E-state index in [0.717, 1.165) is 18.4 Å². The first-order chi connectivity index (χ1) is 11.0. The average molecular weight is 322 g/mol. The molecule has 0 radical (unpaired) electrons. The van der Waals surface area contributed by atoms with Crippen LogP contribution in [0.15, 0.2) is 24.3 Å². The number of amides is 2. The number of carbonyl (C=O) groups excluding carboxylic acids is 2. The topological polar surface area (TPSA) is 49.4 Å². The Morgan fingerprint density at radius 1 is 1.17 bits per heavy atom. The lowest BCUT2D eigenvalue weighted by molar-refractivity contribution is -0.141. The molecule has 4 nitrogen and oxygen atoms in total. The second-order valence-electron chi connectivity index (χ2n) is 5.57. The standard InChI is InChI=1S/C18H27FN2O2/c1-4-7-12-20-18(23)16(5-2)21(17(22)6-3)13-14-8-10-15(19)11-9-14/h8-11,16H,4-7,12-13H2,1-3H3,(H,20,23). The van der Waals surface area contributed by atoms with Crippen LogP contribution in [0.3, 0.4) is 0 Å². The maximum Gasteiger partial charge on any atom is 0.242 e. The molecule has 1 rings (SSSR count). The number of benzene rings is 1. The third kappa shape index (κ3) is 6.00. The molecule has 0 saturated carbocycles. The van der Waals surface area contributed by atoms with E-state index >= 15 is 0 Å². The van der Waals surface area contributed by atoms with Crippen LogP contribution >= 0.6 is 0 Å². The van der Waals surface area contributed by atoms with Gasteiger partial charge in [0.2, 0.25) is 11.8 Å². The number of nitrogens with zero attached hydrogens (tertiary/aromatic N) is 1. The van der Waals surface area contributed by atoms with E-state index in [9.17, 15) is 14.0 Å². The third-order valence-electron chi connectivity index (χ3n) is 3.78. The van der Waals surface area contributed by atoms with Crippen molar-refractivity contribution in [3.8, 4) is 0 Å². The summed E-state index contributed by atoms with van der Waals surface area (Å²) in [4.78, 5) is 26.3. The Labute approximate surface area is 138 Å². The second kappa shape index (κ2) is 9.98. The zero-order valence-corrected chi connectivity index (χ0v) is 14.3. The van der Waals surface area contributed by atoms with E-state index in [-0.39, 0.29) is 17.6 Å². The lowest BCUT2D eigenvalue weighted by Crippen LogP contribution is -2.49. The van der Waals surface area contributed by atoms with Gasteiger partial charge in [-0.05, 0) is 30.5 Å². The summed E-state index contributed by atoms with van der Waals surface area (Å²) in [5, 5.41) is 2.90. The summed E-state index contributed by atoms with van der Waals surface area (Å²) in [5.74, 6) is -0.511. The van der Waals surface area contributed by atoms with E-state index in [2.05, 4.69) is 12.2 Å². The lowest BCUT2D eigenvalue weighted by atomic mass is 10.1. The van der Waals surface area contributed by atoms with Gasteiger partial charge in [0, 0.05) is 19.5 Å². The van der Waals surface area contributed by atoms with Crippen molar-refractivity contribution in [3.05, 3.63) is 35.6 Å². The minimum absolute atomic E-state index is 0.0770. The van der Waals surface area contributed by atoms with Gasteiger partial charge < -0.3 is 10.2 Å². The van der Waals surface area contributed by atoms with Crippen molar-refractivity contribution < 1.29 is 14.0 Å². The SMILES string of the molecule is CCCCNC(=O)C(CC)N(Cc1ccc(F)cc1)C(=O)CC. The summed E-state index contributed by atoms with van der Waals surface area (Å²) in [5.41, 5.74) is 0.813. The zero-order valence-electron chi connectivity index (χ0n) is 14.3. The summed E-state index contributed by atoms with van der Waals surface area (Å²) in [6.07, 6.45) is 2.80. The van der Waals surface area contributed by atoms with Gasteiger partial charge in [0.05, 0.1) is 0 Å². The second-order valence-corrected chi connectivity index (χ2v) is 5.57. The molecular weight excluding hydrogens is 295 g/mol. The van der Waals surface area contributed by atoms with Crippen LogP contribution in [-0.4, -0.2) is 29.3 Å². The average Bonchev–Trinajstić information content (AvgIpc) is 2.56. The van der Waals surface area contributed by atoms with E-state index in [0.29, 0.717) is 25.9 Å². The van der Waals surface area contributed by atoms with Gasteiger partial charge in [0.1, 0.15) is 11.9 Å². The van der Waals surface area contributed by atoms with Crippen LogP contribution in [0.4, 0.5) is 4.39 Å². The van der Waals surface area contributed by atoms with Gasteiger partial charge in [-0.25, -0.2) is 4.39 Å². The van der Waals surface area contributed by atoms with Gasteiger partial charge in [-0.1, -0.05) is 39.3 Å². The number of hydrogen-bond acceptors (Lipinski definition) is 2. The van der Waals surface area contributed by atoms with Crippen molar-refractivity contribution in [1.82, 2.24) is 10.2 Å². The molecule has 1 unspecified atom stereocenters. The van der Waals surface area contributed by atoms with Crippen LogP contribution < -0.4 is 5.32 Å². The fourth-order valence-corrected chi connectivity index (χ4v) is 2.42. The molecule has 0 spiro atoms. The minimum atomic E-state index is -0.496. The van der Waals surface area contributed by atoms with Crippen LogP contribution in [-0.2, 0) is 16.1 Å². The van der Waals surface area contributed by atoms with Crippen LogP contribution in [0.25, 0.3) is 0 Å². The quantitative estimate of drug-likeness (QED) is 0.710. The molecule has 128 valence electrons. The molecule has 0 saturated heterocycles. The van der Waals surface area contributed by atoms with Gasteiger partial charge in [0.25, 0.3) is 0 Å². The molecule has 0 aliphatic rings. The van der Waals surface area contributed by atoms with Crippen molar-refractivity contribution in [3.63, 3.8) is 0 Å². The molecular formula is C18H27FN2O2. The monoisotopic (exact) mass is 322 g/mol. The van der Waals surface area contributed by atoms with Crippen LogP contribution in [0, 0.1) is 5.82 Å². The molecule has 0 heterocycles. The Morgan fingerprint density at radius 3 is 2.35 bits per heavy atom. The Morgan fingerprint density at radius 2 is 1.83 bits per heavy atom. The Balaban J connectivity index is 2.86. The smallest absolute Gasteiger partial charge is 0.242 e. The number of rotatable bonds is 9. The first-order valence-corrected chi connectivity index (χ1v) is 8.35. The van der Waals surface area contributed by atoms with Crippen LogP contribution in [0.2, 0.25) is 0 Å². The van der Waals surface area contributed by atoms with Gasteiger partial charge >= 0.3 is 0 Å². The van der Waals surface area contributed by atoms with Crippen LogP contribution in [0.5, 0.6) is 0 Å². The highest BCUT2D eigenvalue weighted by Gasteiger charge is 2.27. The molecule has 0 fully saturated rings. The van der Waals surface area contributed by atoms with E-state index in [1.807, 2.05) is 6.92 Å². The molecule has 0 bridgehead atoms. The summed E-state index contributed by atoms with van der Waals surface area (Å²) in [6, 6.07) is 5.53. The molecule has 1 atom stereocenters. The molecule has 0 aliphatic heterocycles. The van der Waals surface area contributed by atoms with Crippen molar-refractivity contribution in [1.29, 1.82) is 0 Å². The van der Waals surface area contributed by atoms with Gasteiger partial charge in [-0.15, -0.1) is 0 Å². The fraction of sp³-hybridized carbons (Fsp3) is 0.556. The summed E-state index contributed by atoms with van der Waals surface area (Å²) in [7, 11) is 0. The molecule has 5 heteroatoms. The van der Waals surface area contributed by atoms with E-state index in [4.69, 9.17) is 0 Å². The van der Waals surface area contributed by atoms with E-state index < -0.39 is 6.04 Å². The summed E-state index contributed by atoms with van der Waals surface area (Å²) >= 11 is 0. The Bertz CT molecular complexity index is 502. The van der Waals surface area contributed by atoms with Crippen molar-refractivity contribution in [2.45, 2.75) is 59.0 Å². The first kappa shape index (κ1) is 19.1. The zero-order chi connectivity index (χ0) is 17.2. The third-order valence-corrected chi connectivity index (χ3v) is 3.78. The first-order valence-electron chi connectivity index (χ1n) is 8.35. The fourth-order valence-electron chi connectivity index (χ4n) is 2.42. The predicted octanol–water partition coefficient (Wildman–Crippen LogP) is 3.26. The molecule has 1 N–H and O–H groups in total. The van der Waals surface area contributed by atoms with Crippen molar-refractivity contribution in [2.75, 3.05) is 6.54 Å². The van der Waals surface area contributed by atoms with Crippen molar-refractivity contribution in [2.24, 2.45) is 0 Å². The maximum absolute atomic E-state index is 13.0. The number of halogens is 1. The highest BCUT2D eigenvalue weighted by Crippen LogP contribution is 2.14. The predicted molar refractivity (Wildman–Crippen MR) is 89.2 cm³/mol. The van der Waals surface area contributed by atoms with E-state index in [1.165, 1.54) is 12.1 Å². The molecule has 0 aliphatic carbocycles. The lowest BCUT2D eigenvalue weighted by Gasteiger charge is -2.30. The van der Waals surface area contributed by atoms with Gasteiger partial charge in [-0.2, -0.15) is 0 Å². The van der Waals surface area contributed by atoms with Crippen LogP contribution in [0.1, 0.15) is 52.0 Å². The van der Waals surface area contributed by atoms with Gasteiger partial charge in [-0.3, -0.25) is 9.59 Å². The minimum Gasteiger partial charge on any atom is -0.354 e. The highest BCUT2D eigenvalue weighted by atomic mass is 19.1. The summed E-state index contributed by atoms with van der Waals surface area (Å²) in [6.45, 7) is 6.67. The number of unbranched alkanes of at least 4 members (excludes halogenated alkanes) is 1. The molecule has 2 amide bonds. The molecule has 0 aromatic heterocycles. The van der Waals surface area contributed by atoms with E-state index in [1.54, 1.807) is 24.0 Å². The molecule has 1 aromatic rings. The number of carbonyl (C=O) groups is 2. The Hall–Kier alpha value is -1.91. The van der Waals surface area contributed by atoms with Crippen molar-refractivity contribution >= 4 is 11.8 Å². The largest absolute Gasteiger partial charge is 0.354 e. The number of nitrogens with one attached hydrogen (secondary N) is 1. The highest BCUT2D eigenvalue weighted by molar-refractivity contribution is 5.87. The normalized spacial score (nSPS) is 11.8. The summed E-state index contributed by atoms with van der Waals surface area (Å²) < 4.78 is 13.0. The maximum atomic E-state index is 13.0. The molecule has 23 heavy (non-hydrogen) atoms. The number of hydrogen-bond donors (Lipinski definition) is 1. The Kier molecular flexibility index (Phi) is 8.30.